The van der Waals surface area contributed by atoms with Gasteiger partial charge < -0.3 is 14.5 Å². The number of likely N-dealkylation sites (N-methyl/N-ethyl adjacent to an activating group) is 1. The van der Waals surface area contributed by atoms with Gasteiger partial charge in [-0.05, 0) is 63.1 Å². The molecule has 2 fully saturated rings. The molecule has 3 rings (SSSR count). The third-order valence-electron chi connectivity index (χ3n) is 7.44. The molecule has 0 N–H and O–H groups in total. The van der Waals surface area contributed by atoms with E-state index in [0.717, 1.165) is 31.2 Å². The molecule has 1 heterocycles. The van der Waals surface area contributed by atoms with Crippen LogP contribution in [-0.2, 0) is 4.79 Å². The van der Waals surface area contributed by atoms with Gasteiger partial charge in [0, 0.05) is 38.8 Å². The Kier molecular flexibility index (Phi) is 7.45. The predicted octanol–water partition coefficient (Wildman–Crippen LogP) is 3.08. The maximum Gasteiger partial charge on any atom is 0.254 e. The third kappa shape index (κ3) is 4.75. The SMILES string of the molecule is COc1cc(C(=O)N2CCN(C(C)C(=O)N(C)C3(C#N)CCC(C)CC3)CC2)ccc1C. The predicted molar refractivity (Wildman–Crippen MR) is 123 cm³/mol. The lowest BCUT2D eigenvalue weighted by molar-refractivity contribution is -0.141. The highest BCUT2D eigenvalue weighted by Crippen LogP contribution is 2.36. The van der Waals surface area contributed by atoms with Crippen molar-refractivity contribution in [2.45, 2.75) is 58.0 Å². The number of carbonyl (C=O) groups is 2. The monoisotopic (exact) mass is 440 g/mol. The summed E-state index contributed by atoms with van der Waals surface area (Å²) in [4.78, 5) is 31.9. The summed E-state index contributed by atoms with van der Waals surface area (Å²) in [6, 6.07) is 7.66. The van der Waals surface area contributed by atoms with E-state index in [9.17, 15) is 14.9 Å². The average molecular weight is 441 g/mol. The number of carbonyl (C=O) groups excluding carboxylic acids is 2. The fourth-order valence-corrected chi connectivity index (χ4v) is 4.86. The van der Waals surface area contributed by atoms with Crippen molar-refractivity contribution in [2.24, 2.45) is 5.92 Å². The highest BCUT2D eigenvalue weighted by molar-refractivity contribution is 5.95. The lowest BCUT2D eigenvalue weighted by atomic mass is 9.77. The molecule has 7 nitrogen and oxygen atoms in total. The fraction of sp³-hybridized carbons (Fsp3) is 0.640. The van der Waals surface area contributed by atoms with E-state index in [2.05, 4.69) is 17.9 Å². The van der Waals surface area contributed by atoms with Crippen LogP contribution in [0.2, 0.25) is 0 Å². The van der Waals surface area contributed by atoms with E-state index in [1.165, 1.54) is 0 Å². The molecule has 7 heteroatoms. The van der Waals surface area contributed by atoms with Crippen LogP contribution in [0.25, 0.3) is 0 Å². The summed E-state index contributed by atoms with van der Waals surface area (Å²) in [6.45, 7) is 8.47. The van der Waals surface area contributed by atoms with Crippen LogP contribution in [0.1, 0.15) is 55.5 Å². The molecule has 1 aromatic rings. The van der Waals surface area contributed by atoms with E-state index in [-0.39, 0.29) is 17.9 Å². The Morgan fingerprint density at radius 3 is 2.41 bits per heavy atom. The van der Waals surface area contributed by atoms with Gasteiger partial charge in [-0.25, -0.2) is 0 Å². The Hall–Kier alpha value is -2.59. The highest BCUT2D eigenvalue weighted by Gasteiger charge is 2.42. The Morgan fingerprint density at radius 2 is 1.84 bits per heavy atom. The summed E-state index contributed by atoms with van der Waals surface area (Å²) in [7, 11) is 3.39. The molecule has 1 saturated heterocycles. The van der Waals surface area contributed by atoms with Crippen LogP contribution >= 0.6 is 0 Å². The van der Waals surface area contributed by atoms with E-state index in [1.807, 2.05) is 30.9 Å². The summed E-state index contributed by atoms with van der Waals surface area (Å²) in [5.74, 6) is 1.29. The van der Waals surface area contributed by atoms with Crippen LogP contribution < -0.4 is 4.74 Å². The van der Waals surface area contributed by atoms with E-state index >= 15 is 0 Å². The molecule has 0 bridgehead atoms. The van der Waals surface area contributed by atoms with Crippen molar-refractivity contribution in [1.29, 1.82) is 5.26 Å². The second-order valence-electron chi connectivity index (χ2n) is 9.41. The number of piperazine rings is 1. The van der Waals surface area contributed by atoms with Gasteiger partial charge in [0.05, 0.1) is 19.2 Å². The van der Waals surface area contributed by atoms with Crippen molar-refractivity contribution in [3.05, 3.63) is 29.3 Å². The Labute approximate surface area is 191 Å². The number of amides is 2. The molecule has 2 aliphatic rings. The number of methoxy groups -OCH3 is 1. The quantitative estimate of drug-likeness (QED) is 0.703. The minimum atomic E-state index is -0.694. The van der Waals surface area contributed by atoms with Crippen LogP contribution in [-0.4, -0.2) is 78.4 Å². The van der Waals surface area contributed by atoms with Crippen molar-refractivity contribution >= 4 is 11.8 Å². The first-order valence-electron chi connectivity index (χ1n) is 11.6. The van der Waals surface area contributed by atoms with Gasteiger partial charge in [0.25, 0.3) is 5.91 Å². The molecule has 0 spiro atoms. The molecular weight excluding hydrogens is 404 g/mol. The number of hydrogen-bond acceptors (Lipinski definition) is 5. The van der Waals surface area contributed by atoms with Crippen LogP contribution in [0.4, 0.5) is 0 Å². The molecule has 174 valence electrons. The zero-order valence-electron chi connectivity index (χ0n) is 20.1. The zero-order chi connectivity index (χ0) is 23.5. The molecule has 1 saturated carbocycles. The Morgan fingerprint density at radius 1 is 1.22 bits per heavy atom. The summed E-state index contributed by atoms with van der Waals surface area (Å²) in [5, 5.41) is 9.89. The van der Waals surface area contributed by atoms with Crippen LogP contribution in [0.15, 0.2) is 18.2 Å². The van der Waals surface area contributed by atoms with E-state index in [0.29, 0.717) is 43.4 Å². The third-order valence-corrected chi connectivity index (χ3v) is 7.44. The molecule has 32 heavy (non-hydrogen) atoms. The van der Waals surface area contributed by atoms with Crippen molar-refractivity contribution in [3.8, 4) is 11.8 Å². The van der Waals surface area contributed by atoms with Gasteiger partial charge >= 0.3 is 0 Å². The molecule has 2 amide bonds. The number of ether oxygens (including phenoxy) is 1. The topological polar surface area (TPSA) is 76.9 Å². The highest BCUT2D eigenvalue weighted by atomic mass is 16.5. The standard InChI is InChI=1S/C25H36N4O3/c1-18-8-10-25(17-26,11-9-18)27(4)23(30)20(3)28-12-14-29(15-13-28)24(31)21-7-6-19(2)22(16-21)32-5/h6-7,16,18,20H,8-15H2,1-5H3. The van der Waals surface area contributed by atoms with Gasteiger partial charge in [0.2, 0.25) is 5.91 Å². The first-order chi connectivity index (χ1) is 15.2. The lowest BCUT2D eigenvalue weighted by Gasteiger charge is -2.44. The van der Waals surface area contributed by atoms with E-state index in [1.54, 1.807) is 25.1 Å². The van der Waals surface area contributed by atoms with Gasteiger partial charge in [-0.3, -0.25) is 14.5 Å². The summed E-state index contributed by atoms with van der Waals surface area (Å²) >= 11 is 0. The maximum absolute atomic E-state index is 13.3. The molecule has 0 radical (unpaired) electrons. The van der Waals surface area contributed by atoms with Crippen LogP contribution in [0.3, 0.4) is 0 Å². The van der Waals surface area contributed by atoms with Crippen LogP contribution in [0, 0.1) is 24.2 Å². The summed E-state index contributed by atoms with van der Waals surface area (Å²) in [6.07, 6.45) is 3.43. The molecule has 1 aliphatic carbocycles. The second kappa shape index (κ2) is 9.91. The molecule has 1 unspecified atom stereocenters. The van der Waals surface area contributed by atoms with Crippen molar-refractivity contribution in [1.82, 2.24) is 14.7 Å². The minimum absolute atomic E-state index is 0.0100. The number of nitrogens with zero attached hydrogens (tertiary/aromatic N) is 4. The fourth-order valence-electron chi connectivity index (χ4n) is 4.86. The van der Waals surface area contributed by atoms with E-state index in [4.69, 9.17) is 4.74 Å². The summed E-state index contributed by atoms with van der Waals surface area (Å²) < 4.78 is 5.35. The molecule has 0 aromatic heterocycles. The first kappa shape index (κ1) is 24.1. The van der Waals surface area contributed by atoms with Crippen LogP contribution in [0.5, 0.6) is 5.75 Å². The second-order valence-corrected chi connectivity index (χ2v) is 9.41. The molecule has 1 aliphatic heterocycles. The normalized spacial score (nSPS) is 25.0. The average Bonchev–Trinajstić information content (AvgIpc) is 2.83. The Bertz CT molecular complexity index is 878. The number of benzene rings is 1. The zero-order valence-corrected chi connectivity index (χ0v) is 20.1. The number of nitriles is 1. The van der Waals surface area contributed by atoms with E-state index < -0.39 is 5.54 Å². The minimum Gasteiger partial charge on any atom is -0.496 e. The number of aryl methyl sites for hydroxylation is 1. The Balaban J connectivity index is 1.60. The van der Waals surface area contributed by atoms with Crippen molar-refractivity contribution in [2.75, 3.05) is 40.3 Å². The van der Waals surface area contributed by atoms with Crippen molar-refractivity contribution in [3.63, 3.8) is 0 Å². The van der Waals surface area contributed by atoms with Gasteiger partial charge in [-0.15, -0.1) is 0 Å². The van der Waals surface area contributed by atoms with Gasteiger partial charge in [-0.2, -0.15) is 5.26 Å². The number of rotatable bonds is 5. The molecule has 1 aromatic carbocycles. The van der Waals surface area contributed by atoms with Gasteiger partial charge in [0.1, 0.15) is 11.3 Å². The largest absolute Gasteiger partial charge is 0.496 e. The van der Waals surface area contributed by atoms with Crippen molar-refractivity contribution < 1.29 is 14.3 Å². The smallest absolute Gasteiger partial charge is 0.254 e. The first-order valence-corrected chi connectivity index (χ1v) is 11.6. The van der Waals surface area contributed by atoms with Gasteiger partial charge in [0.15, 0.2) is 0 Å². The lowest BCUT2D eigenvalue weighted by Crippen LogP contribution is -2.59. The van der Waals surface area contributed by atoms with Gasteiger partial charge in [-0.1, -0.05) is 13.0 Å². The number of hydrogen-bond donors (Lipinski definition) is 0. The molecular formula is C25H36N4O3. The molecule has 1 atom stereocenters. The summed E-state index contributed by atoms with van der Waals surface area (Å²) in [5.41, 5.74) is 0.917. The maximum atomic E-state index is 13.3.